The minimum atomic E-state index is -1.52. The summed E-state index contributed by atoms with van der Waals surface area (Å²) in [6, 6.07) is 9.27. The Morgan fingerprint density at radius 2 is 1.93 bits per heavy atom. The molecule has 82 valence electrons. The van der Waals surface area contributed by atoms with Crippen LogP contribution in [0.2, 0.25) is 0 Å². The average molecular weight is 210 g/mol. The molecule has 1 aromatic rings. The van der Waals surface area contributed by atoms with E-state index >= 15 is 0 Å². The Labute approximate surface area is 88.4 Å². The molecule has 1 aromatic carbocycles. The van der Waals surface area contributed by atoms with Gasteiger partial charge in [0, 0.05) is 7.11 Å². The van der Waals surface area contributed by atoms with Gasteiger partial charge < -0.3 is 14.6 Å². The number of hydrogen-bond acceptors (Lipinski definition) is 4. The fraction of sp³-hybridized carbons (Fsp3) is 0.364. The van der Waals surface area contributed by atoms with Crippen LogP contribution >= 0.6 is 0 Å². The molecule has 0 radical (unpaired) electrons. The SMILES string of the molecule is COC(O)C(=O)OC(C)c1ccccc1. The quantitative estimate of drug-likeness (QED) is 0.600. The molecule has 0 heterocycles. The van der Waals surface area contributed by atoms with Gasteiger partial charge in [0.05, 0.1) is 0 Å². The van der Waals surface area contributed by atoms with E-state index in [1.54, 1.807) is 6.92 Å². The molecule has 0 aliphatic heterocycles. The van der Waals surface area contributed by atoms with Crippen molar-refractivity contribution in [2.45, 2.75) is 19.3 Å². The van der Waals surface area contributed by atoms with Crippen molar-refractivity contribution in [2.24, 2.45) is 0 Å². The lowest BCUT2D eigenvalue weighted by atomic mass is 10.1. The van der Waals surface area contributed by atoms with Crippen LogP contribution in [0.25, 0.3) is 0 Å². The maximum atomic E-state index is 11.2. The summed E-state index contributed by atoms with van der Waals surface area (Å²) in [5.74, 6) is -0.783. The van der Waals surface area contributed by atoms with Crippen LogP contribution < -0.4 is 0 Å². The number of esters is 1. The number of aliphatic hydroxyl groups is 1. The van der Waals surface area contributed by atoms with E-state index in [4.69, 9.17) is 9.84 Å². The molecule has 0 bridgehead atoms. The van der Waals surface area contributed by atoms with Gasteiger partial charge in [-0.2, -0.15) is 0 Å². The molecule has 0 saturated heterocycles. The van der Waals surface area contributed by atoms with E-state index < -0.39 is 18.4 Å². The van der Waals surface area contributed by atoms with Gasteiger partial charge in [-0.25, -0.2) is 4.79 Å². The zero-order valence-electron chi connectivity index (χ0n) is 8.71. The normalized spacial score (nSPS) is 14.3. The number of methoxy groups -OCH3 is 1. The summed E-state index contributed by atoms with van der Waals surface area (Å²) in [4.78, 5) is 11.2. The van der Waals surface area contributed by atoms with Crippen LogP contribution in [0.1, 0.15) is 18.6 Å². The minimum absolute atomic E-state index is 0.400. The third-order valence-corrected chi connectivity index (χ3v) is 1.99. The first kappa shape index (κ1) is 11.7. The summed E-state index contributed by atoms with van der Waals surface area (Å²) in [5.41, 5.74) is 0.870. The molecule has 0 aromatic heterocycles. The predicted octanol–water partition coefficient (Wildman–Crippen LogP) is 1.26. The number of benzene rings is 1. The summed E-state index contributed by atoms with van der Waals surface area (Å²) in [6.45, 7) is 1.73. The predicted molar refractivity (Wildman–Crippen MR) is 54.0 cm³/mol. The van der Waals surface area contributed by atoms with Crippen LogP contribution in [-0.4, -0.2) is 24.5 Å². The first-order valence-electron chi connectivity index (χ1n) is 4.61. The first-order valence-corrected chi connectivity index (χ1v) is 4.61. The number of aliphatic hydroxyl groups excluding tert-OH is 1. The number of carbonyl (C=O) groups is 1. The molecule has 0 aliphatic rings. The monoisotopic (exact) mass is 210 g/mol. The Kier molecular flexibility index (Phi) is 4.27. The standard InChI is InChI=1S/C11H14O4/c1-8(9-6-4-3-5-7-9)15-11(13)10(12)14-2/h3-8,10,12H,1-2H3. The minimum Gasteiger partial charge on any atom is -0.454 e. The summed E-state index contributed by atoms with van der Waals surface area (Å²) < 4.78 is 9.40. The van der Waals surface area contributed by atoms with Gasteiger partial charge in [-0.15, -0.1) is 0 Å². The third kappa shape index (κ3) is 3.34. The Morgan fingerprint density at radius 1 is 1.33 bits per heavy atom. The average Bonchev–Trinajstić information content (AvgIpc) is 2.29. The van der Waals surface area contributed by atoms with Crippen molar-refractivity contribution in [2.75, 3.05) is 7.11 Å². The van der Waals surface area contributed by atoms with Gasteiger partial charge in [0.15, 0.2) is 0 Å². The molecule has 0 amide bonds. The second-order valence-corrected chi connectivity index (χ2v) is 3.08. The lowest BCUT2D eigenvalue weighted by Crippen LogP contribution is -2.25. The number of hydrogen-bond donors (Lipinski definition) is 1. The van der Waals surface area contributed by atoms with Crippen LogP contribution in [-0.2, 0) is 14.3 Å². The summed E-state index contributed by atoms with van der Waals surface area (Å²) >= 11 is 0. The van der Waals surface area contributed by atoms with Gasteiger partial charge in [-0.3, -0.25) is 0 Å². The van der Waals surface area contributed by atoms with Gasteiger partial charge in [0.2, 0.25) is 0 Å². The zero-order valence-corrected chi connectivity index (χ0v) is 8.71. The van der Waals surface area contributed by atoms with Crippen LogP contribution in [0, 0.1) is 0 Å². The summed E-state index contributed by atoms with van der Waals surface area (Å²) in [6.07, 6.45) is -1.92. The largest absolute Gasteiger partial charge is 0.454 e. The molecular formula is C11H14O4. The van der Waals surface area contributed by atoms with Crippen molar-refractivity contribution in [3.05, 3.63) is 35.9 Å². The molecule has 0 aliphatic carbocycles. The van der Waals surface area contributed by atoms with E-state index in [1.165, 1.54) is 7.11 Å². The van der Waals surface area contributed by atoms with E-state index in [0.29, 0.717) is 0 Å². The van der Waals surface area contributed by atoms with E-state index in [2.05, 4.69) is 4.74 Å². The van der Waals surface area contributed by atoms with Gasteiger partial charge in [0.25, 0.3) is 6.29 Å². The molecule has 15 heavy (non-hydrogen) atoms. The molecular weight excluding hydrogens is 196 g/mol. The molecule has 0 saturated carbocycles. The molecule has 1 rings (SSSR count). The van der Waals surface area contributed by atoms with Crippen LogP contribution in [0.15, 0.2) is 30.3 Å². The fourth-order valence-electron chi connectivity index (χ4n) is 1.12. The molecule has 2 unspecified atom stereocenters. The van der Waals surface area contributed by atoms with Crippen LogP contribution in [0.5, 0.6) is 0 Å². The highest BCUT2D eigenvalue weighted by molar-refractivity contribution is 5.73. The molecule has 2 atom stereocenters. The molecule has 0 spiro atoms. The van der Waals surface area contributed by atoms with E-state index in [1.807, 2.05) is 30.3 Å². The lowest BCUT2D eigenvalue weighted by Gasteiger charge is -2.15. The number of ether oxygens (including phenoxy) is 2. The zero-order chi connectivity index (χ0) is 11.3. The van der Waals surface area contributed by atoms with Crippen molar-refractivity contribution in [1.82, 2.24) is 0 Å². The second-order valence-electron chi connectivity index (χ2n) is 3.08. The molecule has 0 fully saturated rings. The van der Waals surface area contributed by atoms with Crippen molar-refractivity contribution in [1.29, 1.82) is 0 Å². The second kappa shape index (κ2) is 5.48. The van der Waals surface area contributed by atoms with Gasteiger partial charge in [-0.1, -0.05) is 30.3 Å². The maximum Gasteiger partial charge on any atom is 0.363 e. The third-order valence-electron chi connectivity index (χ3n) is 1.99. The van der Waals surface area contributed by atoms with E-state index in [9.17, 15) is 4.79 Å². The van der Waals surface area contributed by atoms with Crippen LogP contribution in [0.4, 0.5) is 0 Å². The van der Waals surface area contributed by atoms with Crippen molar-refractivity contribution in [3.8, 4) is 0 Å². The lowest BCUT2D eigenvalue weighted by molar-refractivity contribution is -0.182. The molecule has 1 N–H and O–H groups in total. The van der Waals surface area contributed by atoms with Crippen molar-refractivity contribution < 1.29 is 19.4 Å². The first-order chi connectivity index (χ1) is 7.15. The number of carbonyl (C=O) groups excluding carboxylic acids is 1. The maximum absolute atomic E-state index is 11.2. The van der Waals surface area contributed by atoms with Gasteiger partial charge in [0.1, 0.15) is 6.10 Å². The number of rotatable bonds is 4. The summed E-state index contributed by atoms with van der Waals surface area (Å²) in [7, 11) is 1.24. The Bertz CT molecular complexity index is 310. The van der Waals surface area contributed by atoms with Gasteiger partial charge in [-0.05, 0) is 12.5 Å². The smallest absolute Gasteiger partial charge is 0.363 e. The fourth-order valence-corrected chi connectivity index (χ4v) is 1.12. The van der Waals surface area contributed by atoms with E-state index in [0.717, 1.165) is 5.56 Å². The molecule has 4 heteroatoms. The topological polar surface area (TPSA) is 55.8 Å². The Hall–Kier alpha value is -1.39. The highest BCUT2D eigenvalue weighted by atomic mass is 16.6. The van der Waals surface area contributed by atoms with E-state index in [-0.39, 0.29) is 0 Å². The molecule has 4 nitrogen and oxygen atoms in total. The van der Waals surface area contributed by atoms with Crippen molar-refractivity contribution >= 4 is 5.97 Å². The highest BCUT2D eigenvalue weighted by Gasteiger charge is 2.19. The van der Waals surface area contributed by atoms with Crippen LogP contribution in [0.3, 0.4) is 0 Å². The highest BCUT2D eigenvalue weighted by Crippen LogP contribution is 2.16. The Balaban J connectivity index is 2.56. The van der Waals surface area contributed by atoms with Gasteiger partial charge >= 0.3 is 5.97 Å². The summed E-state index contributed by atoms with van der Waals surface area (Å²) in [5, 5.41) is 9.03. The Morgan fingerprint density at radius 3 is 2.47 bits per heavy atom. The van der Waals surface area contributed by atoms with Crippen molar-refractivity contribution in [3.63, 3.8) is 0 Å².